The monoisotopic (exact) mass is 1110 g/mol. The first kappa shape index (κ1) is 76.6. The molecule has 0 saturated carbocycles. The van der Waals surface area contributed by atoms with Crippen LogP contribution >= 0.6 is 0 Å². The van der Waals surface area contributed by atoms with Crippen molar-refractivity contribution in [1.82, 2.24) is 0 Å². The van der Waals surface area contributed by atoms with Crippen molar-refractivity contribution < 1.29 is 28.6 Å². The fourth-order valence-corrected chi connectivity index (χ4v) is 10.8. The maximum atomic E-state index is 12.9. The predicted octanol–water partition coefficient (Wildman–Crippen LogP) is 24.3. The van der Waals surface area contributed by atoms with Crippen LogP contribution in [-0.4, -0.2) is 37.2 Å². The van der Waals surface area contributed by atoms with Gasteiger partial charge in [-0.15, -0.1) is 0 Å². The minimum Gasteiger partial charge on any atom is -0.462 e. The molecule has 0 aliphatic rings. The molecule has 0 rings (SSSR count). The molecule has 0 aromatic rings. The Balaban J connectivity index is 3.93. The Kier molecular flexibility index (Phi) is 66.1. The molecule has 0 N–H and O–H groups in total. The SMILES string of the molecule is CCCCCCC/C=C\C/C=C\C/C=C\CCCCCCCCCCCCCCC(=O)OC(COC(=O)CCCCCCC)COC(=O)CCCCCCCCCCCCCCCCCCCCCCCCCCCCCCC. The van der Waals surface area contributed by atoms with Crippen molar-refractivity contribution in [3.8, 4) is 0 Å². The van der Waals surface area contributed by atoms with Gasteiger partial charge in [0, 0.05) is 19.3 Å². The molecule has 464 valence electrons. The summed E-state index contributed by atoms with van der Waals surface area (Å²) in [6.07, 6.45) is 85.2. The fraction of sp³-hybridized carbons (Fsp3) is 0.877. The summed E-state index contributed by atoms with van der Waals surface area (Å²) >= 11 is 0. The standard InChI is InChI=1S/C73H136O6/c1-4-7-10-13-15-17-19-21-23-25-27-29-31-33-35-36-38-39-41-43-45-47-49-51-53-55-57-60-63-66-72(75)78-69-70(68-77-71(74)65-62-59-12-9-6-3)79-73(76)67-64-61-58-56-54-52-50-48-46-44-42-40-37-34-32-30-28-26-24-22-20-18-16-14-11-8-5-2/h20,22,26,28,32,34,70H,4-19,21,23-25,27,29-31,33,35-69H2,1-3H3/b22-20-,28-26-,34-32-. The zero-order valence-electron chi connectivity index (χ0n) is 53.4. The van der Waals surface area contributed by atoms with Gasteiger partial charge in [-0.2, -0.15) is 0 Å². The van der Waals surface area contributed by atoms with Gasteiger partial charge in [0.1, 0.15) is 13.2 Å². The van der Waals surface area contributed by atoms with E-state index in [4.69, 9.17) is 14.2 Å². The molecule has 6 heteroatoms. The van der Waals surface area contributed by atoms with Crippen molar-refractivity contribution in [1.29, 1.82) is 0 Å². The number of carbonyl (C=O) groups is 3. The number of hydrogen-bond donors (Lipinski definition) is 0. The summed E-state index contributed by atoms with van der Waals surface area (Å²) in [5, 5.41) is 0. The van der Waals surface area contributed by atoms with E-state index in [9.17, 15) is 14.4 Å². The Morgan fingerprint density at radius 2 is 0.456 bits per heavy atom. The van der Waals surface area contributed by atoms with E-state index in [1.54, 1.807) is 0 Å². The number of esters is 3. The number of rotatable bonds is 66. The van der Waals surface area contributed by atoms with E-state index >= 15 is 0 Å². The lowest BCUT2D eigenvalue weighted by Gasteiger charge is -2.18. The van der Waals surface area contributed by atoms with Crippen molar-refractivity contribution in [3.63, 3.8) is 0 Å². The van der Waals surface area contributed by atoms with Crippen LogP contribution in [0.4, 0.5) is 0 Å². The molecule has 1 atom stereocenters. The van der Waals surface area contributed by atoms with E-state index in [0.29, 0.717) is 19.3 Å². The molecular weight excluding hydrogens is 973 g/mol. The van der Waals surface area contributed by atoms with Crippen LogP contribution < -0.4 is 0 Å². The first-order valence-electron chi connectivity index (χ1n) is 35.5. The smallest absolute Gasteiger partial charge is 0.306 e. The van der Waals surface area contributed by atoms with E-state index < -0.39 is 6.10 Å². The Morgan fingerprint density at radius 1 is 0.253 bits per heavy atom. The number of hydrogen-bond acceptors (Lipinski definition) is 6. The predicted molar refractivity (Wildman–Crippen MR) is 344 cm³/mol. The summed E-state index contributed by atoms with van der Waals surface area (Å²) in [6.45, 7) is 6.61. The summed E-state index contributed by atoms with van der Waals surface area (Å²) in [5.41, 5.74) is 0. The lowest BCUT2D eigenvalue weighted by molar-refractivity contribution is -0.167. The van der Waals surface area contributed by atoms with Crippen LogP contribution in [-0.2, 0) is 28.6 Å². The van der Waals surface area contributed by atoms with Crippen molar-refractivity contribution in [2.75, 3.05) is 13.2 Å². The second kappa shape index (κ2) is 68.1. The summed E-state index contributed by atoms with van der Waals surface area (Å²) in [6, 6.07) is 0. The van der Waals surface area contributed by atoms with Crippen LogP contribution in [0.5, 0.6) is 0 Å². The third-order valence-corrected chi connectivity index (χ3v) is 16.1. The van der Waals surface area contributed by atoms with Crippen LogP contribution in [0.3, 0.4) is 0 Å². The number of ether oxygens (including phenoxy) is 3. The molecule has 0 spiro atoms. The molecule has 0 radical (unpaired) electrons. The largest absolute Gasteiger partial charge is 0.462 e. The minimum atomic E-state index is -0.768. The van der Waals surface area contributed by atoms with Gasteiger partial charge in [-0.3, -0.25) is 14.4 Å². The van der Waals surface area contributed by atoms with E-state index in [2.05, 4.69) is 57.2 Å². The highest BCUT2D eigenvalue weighted by Crippen LogP contribution is 2.19. The van der Waals surface area contributed by atoms with Crippen LogP contribution in [0.1, 0.15) is 393 Å². The van der Waals surface area contributed by atoms with Crippen LogP contribution in [0, 0.1) is 0 Å². The number of unbranched alkanes of at least 4 members (excludes halogenated alkanes) is 49. The second-order valence-electron chi connectivity index (χ2n) is 24.2. The maximum Gasteiger partial charge on any atom is 0.306 e. The van der Waals surface area contributed by atoms with Gasteiger partial charge in [-0.1, -0.05) is 353 Å². The van der Waals surface area contributed by atoms with Gasteiger partial charge in [0.15, 0.2) is 6.10 Å². The topological polar surface area (TPSA) is 78.9 Å². The summed E-state index contributed by atoms with van der Waals surface area (Å²) in [7, 11) is 0. The first-order valence-corrected chi connectivity index (χ1v) is 35.5. The fourth-order valence-electron chi connectivity index (χ4n) is 10.8. The molecule has 6 nitrogen and oxygen atoms in total. The molecule has 79 heavy (non-hydrogen) atoms. The zero-order chi connectivity index (χ0) is 57.1. The molecule has 0 fully saturated rings. The van der Waals surface area contributed by atoms with Gasteiger partial charge < -0.3 is 14.2 Å². The molecule has 0 heterocycles. The molecule has 0 bridgehead atoms. The summed E-state index contributed by atoms with van der Waals surface area (Å²) < 4.78 is 16.8. The van der Waals surface area contributed by atoms with Crippen molar-refractivity contribution >= 4 is 17.9 Å². The first-order chi connectivity index (χ1) is 39.0. The Labute approximate surface area is 493 Å². The molecule has 0 amide bonds. The molecule has 1 unspecified atom stereocenters. The van der Waals surface area contributed by atoms with Gasteiger partial charge in [0.25, 0.3) is 0 Å². The summed E-state index contributed by atoms with van der Waals surface area (Å²) in [4.78, 5) is 38.0. The highest BCUT2D eigenvalue weighted by Gasteiger charge is 2.19. The average molecular weight is 1110 g/mol. The quantitative estimate of drug-likeness (QED) is 0.0261. The van der Waals surface area contributed by atoms with E-state index in [1.165, 1.54) is 276 Å². The third kappa shape index (κ3) is 66.3. The highest BCUT2D eigenvalue weighted by atomic mass is 16.6. The van der Waals surface area contributed by atoms with Gasteiger partial charge in [-0.25, -0.2) is 0 Å². The van der Waals surface area contributed by atoms with Crippen molar-refractivity contribution in [3.05, 3.63) is 36.5 Å². The Hall–Kier alpha value is -2.37. The number of carbonyl (C=O) groups excluding carboxylic acids is 3. The molecule has 0 aromatic carbocycles. The van der Waals surface area contributed by atoms with E-state index in [0.717, 1.165) is 77.0 Å². The lowest BCUT2D eigenvalue weighted by Crippen LogP contribution is -2.30. The number of allylic oxidation sites excluding steroid dienone is 6. The van der Waals surface area contributed by atoms with Gasteiger partial charge in [-0.05, 0) is 57.8 Å². The van der Waals surface area contributed by atoms with Crippen LogP contribution in [0.15, 0.2) is 36.5 Å². The lowest BCUT2D eigenvalue weighted by atomic mass is 10.0. The Bertz CT molecular complexity index is 1320. The maximum absolute atomic E-state index is 12.9. The third-order valence-electron chi connectivity index (χ3n) is 16.1. The molecule has 0 aliphatic carbocycles. The van der Waals surface area contributed by atoms with E-state index in [-0.39, 0.29) is 31.1 Å². The van der Waals surface area contributed by atoms with Crippen molar-refractivity contribution in [2.45, 2.75) is 399 Å². The average Bonchev–Trinajstić information content (AvgIpc) is 3.45. The zero-order valence-corrected chi connectivity index (χ0v) is 53.4. The Morgan fingerprint density at radius 3 is 0.709 bits per heavy atom. The van der Waals surface area contributed by atoms with Crippen LogP contribution in [0.2, 0.25) is 0 Å². The molecule has 0 saturated heterocycles. The van der Waals surface area contributed by atoms with Crippen molar-refractivity contribution in [2.24, 2.45) is 0 Å². The second-order valence-corrected chi connectivity index (χ2v) is 24.2. The normalized spacial score (nSPS) is 12.2. The molecular formula is C73H136O6. The van der Waals surface area contributed by atoms with Gasteiger partial charge in [0.05, 0.1) is 0 Å². The summed E-state index contributed by atoms with van der Waals surface area (Å²) in [5.74, 6) is -0.860. The van der Waals surface area contributed by atoms with Crippen LogP contribution in [0.25, 0.3) is 0 Å². The minimum absolute atomic E-state index is 0.0682. The van der Waals surface area contributed by atoms with Gasteiger partial charge in [0.2, 0.25) is 0 Å². The molecule has 0 aromatic heterocycles. The van der Waals surface area contributed by atoms with Gasteiger partial charge >= 0.3 is 17.9 Å². The molecule has 0 aliphatic heterocycles. The highest BCUT2D eigenvalue weighted by molar-refractivity contribution is 5.71. The van der Waals surface area contributed by atoms with E-state index in [1.807, 2.05) is 0 Å².